The Labute approximate surface area is 88.8 Å². The van der Waals surface area contributed by atoms with Gasteiger partial charge in [0.2, 0.25) is 5.91 Å². The standard InChI is InChI=1S/C9H18N2O2S/c1-7(5-12)11-9(13)4-8-6-14-3-2-10-8/h7-8,10,12H,2-6H2,1H3,(H,11,13)/t7-,8?/m1/s1. The van der Waals surface area contributed by atoms with E-state index in [9.17, 15) is 4.79 Å². The summed E-state index contributed by atoms with van der Waals surface area (Å²) in [5.74, 6) is 2.15. The van der Waals surface area contributed by atoms with Crippen LogP contribution in [0.4, 0.5) is 0 Å². The van der Waals surface area contributed by atoms with Gasteiger partial charge in [-0.15, -0.1) is 0 Å². The Morgan fingerprint density at radius 1 is 1.79 bits per heavy atom. The van der Waals surface area contributed by atoms with Crippen molar-refractivity contribution >= 4 is 17.7 Å². The molecular formula is C9H18N2O2S. The zero-order chi connectivity index (χ0) is 10.4. The van der Waals surface area contributed by atoms with Crippen LogP contribution >= 0.6 is 11.8 Å². The molecule has 2 atom stereocenters. The van der Waals surface area contributed by atoms with E-state index in [4.69, 9.17) is 5.11 Å². The maximum absolute atomic E-state index is 11.4. The van der Waals surface area contributed by atoms with Crippen LogP contribution in [0.3, 0.4) is 0 Å². The molecule has 1 unspecified atom stereocenters. The molecule has 1 aliphatic rings. The van der Waals surface area contributed by atoms with Gasteiger partial charge in [-0.2, -0.15) is 11.8 Å². The molecule has 82 valence electrons. The molecule has 0 aromatic rings. The molecule has 0 bridgehead atoms. The topological polar surface area (TPSA) is 61.4 Å². The lowest BCUT2D eigenvalue weighted by atomic mass is 10.2. The van der Waals surface area contributed by atoms with Crippen molar-refractivity contribution in [3.8, 4) is 0 Å². The summed E-state index contributed by atoms with van der Waals surface area (Å²) in [7, 11) is 0. The number of hydrogen-bond donors (Lipinski definition) is 3. The number of nitrogens with one attached hydrogen (secondary N) is 2. The van der Waals surface area contributed by atoms with Crippen molar-refractivity contribution in [1.82, 2.24) is 10.6 Å². The average molecular weight is 218 g/mol. The Balaban J connectivity index is 2.18. The molecule has 1 heterocycles. The van der Waals surface area contributed by atoms with E-state index in [0.29, 0.717) is 12.5 Å². The lowest BCUT2D eigenvalue weighted by Crippen LogP contribution is -2.43. The van der Waals surface area contributed by atoms with Gasteiger partial charge >= 0.3 is 0 Å². The second kappa shape index (κ2) is 6.27. The van der Waals surface area contributed by atoms with Crippen LogP contribution in [-0.2, 0) is 4.79 Å². The van der Waals surface area contributed by atoms with E-state index in [1.54, 1.807) is 6.92 Å². The molecule has 0 radical (unpaired) electrons. The van der Waals surface area contributed by atoms with Crippen LogP contribution in [0.2, 0.25) is 0 Å². The van der Waals surface area contributed by atoms with E-state index in [1.165, 1.54) is 0 Å². The summed E-state index contributed by atoms with van der Waals surface area (Å²) < 4.78 is 0. The van der Waals surface area contributed by atoms with Gasteiger partial charge in [0.25, 0.3) is 0 Å². The number of thioether (sulfide) groups is 1. The van der Waals surface area contributed by atoms with Crippen LogP contribution in [0.1, 0.15) is 13.3 Å². The summed E-state index contributed by atoms with van der Waals surface area (Å²) in [5.41, 5.74) is 0. The minimum Gasteiger partial charge on any atom is -0.394 e. The summed E-state index contributed by atoms with van der Waals surface area (Å²) in [6.07, 6.45) is 0.511. The Hall–Kier alpha value is -0.260. The number of carbonyl (C=O) groups excluding carboxylic acids is 1. The number of carbonyl (C=O) groups is 1. The quantitative estimate of drug-likeness (QED) is 0.600. The van der Waals surface area contributed by atoms with Crippen molar-refractivity contribution < 1.29 is 9.90 Å². The van der Waals surface area contributed by atoms with Gasteiger partial charge in [-0.05, 0) is 6.92 Å². The van der Waals surface area contributed by atoms with Crippen LogP contribution in [0.15, 0.2) is 0 Å². The molecule has 1 amide bonds. The highest BCUT2D eigenvalue weighted by atomic mass is 32.2. The van der Waals surface area contributed by atoms with E-state index in [2.05, 4.69) is 10.6 Å². The molecule has 1 fully saturated rings. The van der Waals surface area contributed by atoms with Crippen molar-refractivity contribution in [3.05, 3.63) is 0 Å². The molecule has 0 saturated carbocycles. The second-order valence-electron chi connectivity index (χ2n) is 3.58. The molecule has 0 spiro atoms. The molecule has 1 saturated heterocycles. The fourth-order valence-corrected chi connectivity index (χ4v) is 2.30. The maximum atomic E-state index is 11.4. The maximum Gasteiger partial charge on any atom is 0.221 e. The molecule has 0 aromatic heterocycles. The van der Waals surface area contributed by atoms with Crippen LogP contribution in [0.25, 0.3) is 0 Å². The predicted molar refractivity (Wildman–Crippen MR) is 58.4 cm³/mol. The van der Waals surface area contributed by atoms with Crippen LogP contribution < -0.4 is 10.6 Å². The highest BCUT2D eigenvalue weighted by molar-refractivity contribution is 7.99. The SMILES string of the molecule is C[C@H](CO)NC(=O)CC1CSCCN1. The molecular weight excluding hydrogens is 200 g/mol. The minimum atomic E-state index is -0.140. The summed E-state index contributed by atoms with van der Waals surface area (Å²) in [4.78, 5) is 11.4. The van der Waals surface area contributed by atoms with Crippen LogP contribution in [0, 0.1) is 0 Å². The van der Waals surface area contributed by atoms with E-state index in [0.717, 1.165) is 18.1 Å². The Morgan fingerprint density at radius 3 is 3.14 bits per heavy atom. The molecule has 0 aromatic carbocycles. The fourth-order valence-electron chi connectivity index (χ4n) is 1.35. The number of rotatable bonds is 4. The van der Waals surface area contributed by atoms with E-state index >= 15 is 0 Å². The molecule has 1 aliphatic heterocycles. The van der Waals surface area contributed by atoms with Crippen LogP contribution in [0.5, 0.6) is 0 Å². The van der Waals surface area contributed by atoms with Crippen molar-refractivity contribution in [2.75, 3.05) is 24.7 Å². The molecule has 5 heteroatoms. The second-order valence-corrected chi connectivity index (χ2v) is 4.73. The summed E-state index contributed by atoms with van der Waals surface area (Å²) >= 11 is 1.88. The molecule has 14 heavy (non-hydrogen) atoms. The Kier molecular flexibility index (Phi) is 5.29. The van der Waals surface area contributed by atoms with Crippen molar-refractivity contribution in [2.24, 2.45) is 0 Å². The van der Waals surface area contributed by atoms with Gasteiger partial charge in [-0.1, -0.05) is 0 Å². The highest BCUT2D eigenvalue weighted by Gasteiger charge is 2.17. The highest BCUT2D eigenvalue weighted by Crippen LogP contribution is 2.09. The zero-order valence-corrected chi connectivity index (χ0v) is 9.27. The molecule has 4 nitrogen and oxygen atoms in total. The first-order chi connectivity index (χ1) is 6.72. The summed E-state index contributed by atoms with van der Waals surface area (Å²) in [6, 6.07) is 0.151. The van der Waals surface area contributed by atoms with Gasteiger partial charge in [-0.3, -0.25) is 4.79 Å². The Morgan fingerprint density at radius 2 is 2.57 bits per heavy atom. The predicted octanol–water partition coefficient (Wildman–Crippen LogP) is -0.421. The first-order valence-electron chi connectivity index (χ1n) is 4.93. The number of hydrogen-bond acceptors (Lipinski definition) is 4. The van der Waals surface area contributed by atoms with E-state index in [-0.39, 0.29) is 18.6 Å². The third kappa shape index (κ3) is 4.30. The van der Waals surface area contributed by atoms with Crippen molar-refractivity contribution in [3.63, 3.8) is 0 Å². The van der Waals surface area contributed by atoms with Gasteiger partial charge in [-0.25, -0.2) is 0 Å². The fraction of sp³-hybridized carbons (Fsp3) is 0.889. The van der Waals surface area contributed by atoms with Gasteiger partial charge in [0.15, 0.2) is 0 Å². The lowest BCUT2D eigenvalue weighted by molar-refractivity contribution is -0.122. The zero-order valence-electron chi connectivity index (χ0n) is 8.45. The first-order valence-corrected chi connectivity index (χ1v) is 6.09. The third-order valence-electron chi connectivity index (χ3n) is 2.11. The van der Waals surface area contributed by atoms with Crippen molar-refractivity contribution in [2.45, 2.75) is 25.4 Å². The monoisotopic (exact) mass is 218 g/mol. The van der Waals surface area contributed by atoms with E-state index in [1.807, 2.05) is 11.8 Å². The molecule has 0 aliphatic carbocycles. The summed E-state index contributed by atoms with van der Waals surface area (Å²) in [5, 5.41) is 14.8. The van der Waals surface area contributed by atoms with Crippen molar-refractivity contribution in [1.29, 1.82) is 0 Å². The minimum absolute atomic E-state index is 0.00140. The number of aliphatic hydroxyl groups excluding tert-OH is 1. The lowest BCUT2D eigenvalue weighted by Gasteiger charge is -2.23. The van der Waals surface area contributed by atoms with Crippen LogP contribution in [-0.4, -0.2) is 47.8 Å². The van der Waals surface area contributed by atoms with Gasteiger partial charge in [0.1, 0.15) is 0 Å². The average Bonchev–Trinajstić information content (AvgIpc) is 2.19. The van der Waals surface area contributed by atoms with Gasteiger partial charge in [0, 0.05) is 36.6 Å². The first kappa shape index (κ1) is 11.8. The molecule has 3 N–H and O–H groups in total. The number of aliphatic hydroxyl groups is 1. The van der Waals surface area contributed by atoms with E-state index < -0.39 is 0 Å². The number of amides is 1. The largest absolute Gasteiger partial charge is 0.394 e. The van der Waals surface area contributed by atoms with Gasteiger partial charge < -0.3 is 15.7 Å². The Bertz CT molecular complexity index is 184. The van der Waals surface area contributed by atoms with Gasteiger partial charge in [0.05, 0.1) is 6.61 Å². The molecule has 1 rings (SSSR count). The third-order valence-corrected chi connectivity index (χ3v) is 3.24. The smallest absolute Gasteiger partial charge is 0.221 e. The summed E-state index contributed by atoms with van der Waals surface area (Å²) in [6.45, 7) is 2.78. The normalized spacial score (nSPS) is 24.3.